The molecule has 0 fully saturated rings. The van der Waals surface area contributed by atoms with Crippen LogP contribution in [0, 0.1) is 11.6 Å². The summed E-state index contributed by atoms with van der Waals surface area (Å²) in [7, 11) is -0.827. The zero-order valence-electron chi connectivity index (χ0n) is 17.8. The molecule has 2 aromatic rings. The highest BCUT2D eigenvalue weighted by Crippen LogP contribution is 2.28. The summed E-state index contributed by atoms with van der Waals surface area (Å²) in [5.41, 5.74) is 0.855. The van der Waals surface area contributed by atoms with Gasteiger partial charge in [-0.3, -0.25) is 9.10 Å². The molecule has 0 saturated carbocycles. The Morgan fingerprint density at radius 1 is 1.06 bits per heavy atom. The van der Waals surface area contributed by atoms with Gasteiger partial charge >= 0.3 is 0 Å². The SMILES string of the molecule is COc1ccc(CCCNC(=O)[C@@H](C)N(c2ccc(F)c(F)c2)S(C)(=O)=O)cc1OC. The molecule has 2 aromatic carbocycles. The summed E-state index contributed by atoms with van der Waals surface area (Å²) in [5.74, 6) is -1.64. The van der Waals surface area contributed by atoms with E-state index in [0.29, 0.717) is 30.9 Å². The molecule has 1 N–H and O–H groups in total. The van der Waals surface area contributed by atoms with E-state index in [0.717, 1.165) is 34.3 Å². The average Bonchev–Trinajstić information content (AvgIpc) is 2.72. The molecule has 31 heavy (non-hydrogen) atoms. The van der Waals surface area contributed by atoms with Gasteiger partial charge in [0.25, 0.3) is 0 Å². The summed E-state index contributed by atoms with van der Waals surface area (Å²) in [6.07, 6.45) is 2.14. The van der Waals surface area contributed by atoms with E-state index in [2.05, 4.69) is 5.32 Å². The van der Waals surface area contributed by atoms with Gasteiger partial charge in [0, 0.05) is 12.6 Å². The number of nitrogens with zero attached hydrogens (tertiary/aromatic N) is 1. The minimum absolute atomic E-state index is 0.130. The molecule has 0 bridgehead atoms. The van der Waals surface area contributed by atoms with E-state index < -0.39 is 33.6 Å². The van der Waals surface area contributed by atoms with Crippen molar-refractivity contribution in [3.8, 4) is 11.5 Å². The van der Waals surface area contributed by atoms with Crippen molar-refractivity contribution in [1.82, 2.24) is 5.32 Å². The van der Waals surface area contributed by atoms with Crippen molar-refractivity contribution < 1.29 is 31.5 Å². The molecule has 1 atom stereocenters. The van der Waals surface area contributed by atoms with Crippen LogP contribution in [0.1, 0.15) is 18.9 Å². The van der Waals surface area contributed by atoms with Crippen molar-refractivity contribution in [1.29, 1.82) is 0 Å². The van der Waals surface area contributed by atoms with Gasteiger partial charge in [0.15, 0.2) is 23.1 Å². The first-order valence-electron chi connectivity index (χ1n) is 9.51. The Hall–Kier alpha value is -2.88. The number of methoxy groups -OCH3 is 2. The highest BCUT2D eigenvalue weighted by Gasteiger charge is 2.29. The molecule has 7 nitrogen and oxygen atoms in total. The normalized spacial score (nSPS) is 12.2. The molecule has 0 aromatic heterocycles. The standard InChI is InChI=1S/C21H26F2N2O5S/c1-14(25(31(4,27)28)16-8-9-17(22)18(23)13-16)21(26)24-11-5-6-15-7-10-19(29-2)20(12-15)30-3/h7-10,12-14H,5-6,11H2,1-4H3,(H,24,26)/t14-/m1/s1. The third-order valence-corrected chi connectivity index (χ3v) is 5.88. The summed E-state index contributed by atoms with van der Waals surface area (Å²) >= 11 is 0. The molecular weight excluding hydrogens is 430 g/mol. The number of hydrogen-bond donors (Lipinski definition) is 1. The second-order valence-corrected chi connectivity index (χ2v) is 8.78. The first-order valence-corrected chi connectivity index (χ1v) is 11.4. The number of nitrogens with one attached hydrogen (secondary N) is 1. The van der Waals surface area contributed by atoms with Gasteiger partial charge in [-0.2, -0.15) is 0 Å². The van der Waals surface area contributed by atoms with E-state index in [1.165, 1.54) is 6.92 Å². The van der Waals surface area contributed by atoms with E-state index in [4.69, 9.17) is 9.47 Å². The molecule has 0 aliphatic rings. The van der Waals surface area contributed by atoms with Crippen LogP contribution in [0.2, 0.25) is 0 Å². The lowest BCUT2D eigenvalue weighted by molar-refractivity contribution is -0.121. The molecule has 1 amide bonds. The van der Waals surface area contributed by atoms with Crippen molar-refractivity contribution in [3.63, 3.8) is 0 Å². The van der Waals surface area contributed by atoms with Crippen molar-refractivity contribution in [2.24, 2.45) is 0 Å². The number of sulfonamides is 1. The predicted molar refractivity (Wildman–Crippen MR) is 114 cm³/mol. The summed E-state index contributed by atoms with van der Waals surface area (Å²) in [5, 5.41) is 2.68. The van der Waals surface area contributed by atoms with Crippen LogP contribution in [0.4, 0.5) is 14.5 Å². The van der Waals surface area contributed by atoms with Crippen molar-refractivity contribution in [3.05, 3.63) is 53.6 Å². The number of hydrogen-bond acceptors (Lipinski definition) is 5. The average molecular weight is 457 g/mol. The second-order valence-electron chi connectivity index (χ2n) is 6.92. The molecule has 0 aliphatic heterocycles. The Morgan fingerprint density at radius 3 is 2.32 bits per heavy atom. The number of amides is 1. The van der Waals surface area contributed by atoms with Crippen LogP contribution >= 0.6 is 0 Å². The lowest BCUT2D eigenvalue weighted by Crippen LogP contribution is -2.48. The molecule has 170 valence electrons. The molecule has 2 rings (SSSR count). The lowest BCUT2D eigenvalue weighted by atomic mass is 10.1. The second kappa shape index (κ2) is 10.4. The largest absolute Gasteiger partial charge is 0.493 e. The monoisotopic (exact) mass is 456 g/mol. The fourth-order valence-corrected chi connectivity index (χ4v) is 4.29. The molecular formula is C21H26F2N2O5S. The third kappa shape index (κ3) is 6.30. The number of ether oxygens (including phenoxy) is 2. The molecule has 0 saturated heterocycles. The van der Waals surface area contributed by atoms with Gasteiger partial charge in [-0.1, -0.05) is 6.07 Å². The molecule has 0 spiro atoms. The van der Waals surface area contributed by atoms with Gasteiger partial charge < -0.3 is 14.8 Å². The van der Waals surface area contributed by atoms with E-state index in [-0.39, 0.29) is 5.69 Å². The smallest absolute Gasteiger partial charge is 0.243 e. The van der Waals surface area contributed by atoms with Crippen LogP contribution in [0.3, 0.4) is 0 Å². The number of halogens is 2. The Kier molecular flexibility index (Phi) is 8.21. The zero-order valence-corrected chi connectivity index (χ0v) is 18.6. The number of carbonyl (C=O) groups excluding carboxylic acids is 1. The van der Waals surface area contributed by atoms with Gasteiger partial charge in [-0.15, -0.1) is 0 Å². The Labute approximate surface area is 181 Å². The first-order chi connectivity index (χ1) is 14.6. The zero-order chi connectivity index (χ0) is 23.2. The van der Waals surface area contributed by atoms with Crippen LogP contribution in [0.15, 0.2) is 36.4 Å². The summed E-state index contributed by atoms with van der Waals surface area (Å²) < 4.78 is 62.4. The maximum atomic E-state index is 13.6. The van der Waals surface area contributed by atoms with Crippen LogP contribution in [0.25, 0.3) is 0 Å². The summed E-state index contributed by atoms with van der Waals surface area (Å²) in [6, 6.07) is 7.05. The van der Waals surface area contributed by atoms with Crippen LogP contribution in [-0.4, -0.2) is 47.4 Å². The van der Waals surface area contributed by atoms with E-state index in [1.54, 1.807) is 20.3 Å². The number of benzene rings is 2. The highest BCUT2D eigenvalue weighted by molar-refractivity contribution is 7.92. The van der Waals surface area contributed by atoms with E-state index in [9.17, 15) is 22.0 Å². The number of aryl methyl sites for hydroxylation is 1. The molecule has 0 unspecified atom stereocenters. The van der Waals surface area contributed by atoms with Crippen LogP contribution in [0.5, 0.6) is 11.5 Å². The number of rotatable bonds is 10. The first kappa shape index (κ1) is 24.4. The fourth-order valence-electron chi connectivity index (χ4n) is 3.12. The van der Waals surface area contributed by atoms with Gasteiger partial charge in [0.1, 0.15) is 6.04 Å². The Morgan fingerprint density at radius 2 is 1.74 bits per heavy atom. The van der Waals surface area contributed by atoms with Crippen LogP contribution in [-0.2, 0) is 21.2 Å². The number of anilines is 1. The van der Waals surface area contributed by atoms with E-state index >= 15 is 0 Å². The summed E-state index contributed by atoms with van der Waals surface area (Å²) in [6.45, 7) is 1.68. The van der Waals surface area contributed by atoms with E-state index in [1.807, 2.05) is 12.1 Å². The Balaban J connectivity index is 2.00. The molecule has 0 heterocycles. The van der Waals surface area contributed by atoms with Gasteiger partial charge in [0.2, 0.25) is 15.9 Å². The topological polar surface area (TPSA) is 84.9 Å². The predicted octanol–water partition coefficient (Wildman–Crippen LogP) is 2.89. The van der Waals surface area contributed by atoms with Crippen molar-refractivity contribution in [2.75, 3.05) is 31.3 Å². The minimum atomic E-state index is -3.92. The molecule has 0 radical (unpaired) electrons. The molecule has 0 aliphatic carbocycles. The fraction of sp³-hybridized carbons (Fsp3) is 0.381. The minimum Gasteiger partial charge on any atom is -0.493 e. The van der Waals surface area contributed by atoms with Gasteiger partial charge in [0.05, 0.1) is 26.2 Å². The quantitative estimate of drug-likeness (QED) is 0.556. The third-order valence-electron chi connectivity index (χ3n) is 4.64. The van der Waals surface area contributed by atoms with Crippen molar-refractivity contribution in [2.45, 2.75) is 25.8 Å². The Bertz CT molecular complexity index is 1030. The van der Waals surface area contributed by atoms with Gasteiger partial charge in [-0.05, 0) is 49.6 Å². The molecule has 10 heteroatoms. The van der Waals surface area contributed by atoms with Crippen LogP contribution < -0.4 is 19.1 Å². The van der Waals surface area contributed by atoms with Gasteiger partial charge in [-0.25, -0.2) is 17.2 Å². The van der Waals surface area contributed by atoms with Crippen molar-refractivity contribution >= 4 is 21.6 Å². The maximum Gasteiger partial charge on any atom is 0.243 e. The maximum absolute atomic E-state index is 13.6. The lowest BCUT2D eigenvalue weighted by Gasteiger charge is -2.28. The number of carbonyl (C=O) groups is 1. The summed E-state index contributed by atoms with van der Waals surface area (Å²) in [4.78, 5) is 12.5. The highest BCUT2D eigenvalue weighted by atomic mass is 32.2.